The first kappa shape index (κ1) is 19.5. The average molecular weight is 325 g/mol. The van der Waals surface area contributed by atoms with Crippen molar-refractivity contribution in [3.05, 3.63) is 0 Å². The zero-order valence-corrected chi connectivity index (χ0v) is 16.9. The molecular formula is C12H32O4Si3. The van der Waals surface area contributed by atoms with Crippen LogP contribution in [0.3, 0.4) is 0 Å². The molecule has 0 bridgehead atoms. The third-order valence-electron chi connectivity index (χ3n) is 2.54. The predicted octanol–water partition coefficient (Wildman–Crippen LogP) is 2.96. The SMILES string of the molecule is COCCOCCC[Si](C)(C)O[Si](C)(C)O[SiH](C)C. The molecule has 0 aromatic carbocycles. The zero-order chi connectivity index (χ0) is 14.9. The van der Waals surface area contributed by atoms with Gasteiger partial charge in [0, 0.05) is 13.7 Å². The molecule has 0 aliphatic carbocycles. The van der Waals surface area contributed by atoms with Gasteiger partial charge >= 0.3 is 8.56 Å². The molecule has 0 aromatic heterocycles. The van der Waals surface area contributed by atoms with Crippen molar-refractivity contribution in [2.24, 2.45) is 0 Å². The smallest absolute Gasteiger partial charge is 0.310 e. The van der Waals surface area contributed by atoms with E-state index >= 15 is 0 Å². The Hall–Kier alpha value is 0.491. The van der Waals surface area contributed by atoms with Gasteiger partial charge in [0.1, 0.15) is 0 Å². The standard InChI is InChI=1S/C12H32O4Si3/c1-13-10-11-14-9-8-12-18(4,5)16-19(6,7)15-17(2)3/h17H,8-12H2,1-7H3. The van der Waals surface area contributed by atoms with Crippen molar-refractivity contribution in [2.75, 3.05) is 26.9 Å². The highest BCUT2D eigenvalue weighted by molar-refractivity contribution is 6.84. The topological polar surface area (TPSA) is 36.9 Å². The zero-order valence-electron chi connectivity index (χ0n) is 13.7. The van der Waals surface area contributed by atoms with Gasteiger partial charge < -0.3 is 17.7 Å². The summed E-state index contributed by atoms with van der Waals surface area (Å²) in [5, 5.41) is 0. The summed E-state index contributed by atoms with van der Waals surface area (Å²) in [6.45, 7) is 15.5. The molecule has 0 amide bonds. The van der Waals surface area contributed by atoms with Gasteiger partial charge in [0.15, 0.2) is 17.4 Å². The van der Waals surface area contributed by atoms with Crippen molar-refractivity contribution in [2.45, 2.75) is 51.7 Å². The Bertz CT molecular complexity index is 235. The lowest BCUT2D eigenvalue weighted by Crippen LogP contribution is -2.48. The Labute approximate surface area is 122 Å². The van der Waals surface area contributed by atoms with E-state index in [0.29, 0.717) is 13.2 Å². The second kappa shape index (κ2) is 9.43. The summed E-state index contributed by atoms with van der Waals surface area (Å²) < 4.78 is 22.9. The van der Waals surface area contributed by atoms with Crippen LogP contribution in [0.5, 0.6) is 0 Å². The molecule has 0 unspecified atom stereocenters. The molecule has 0 saturated heterocycles. The molecule has 0 atom stereocenters. The Morgan fingerprint density at radius 1 is 0.947 bits per heavy atom. The van der Waals surface area contributed by atoms with Gasteiger partial charge in [-0.3, -0.25) is 0 Å². The van der Waals surface area contributed by atoms with Crippen LogP contribution in [0.1, 0.15) is 6.42 Å². The van der Waals surface area contributed by atoms with E-state index in [2.05, 4.69) is 39.3 Å². The summed E-state index contributed by atoms with van der Waals surface area (Å²) in [5.41, 5.74) is 0. The normalized spacial score (nSPS) is 13.3. The molecule has 0 spiro atoms. The van der Waals surface area contributed by atoms with Crippen LogP contribution in [0.25, 0.3) is 0 Å². The summed E-state index contributed by atoms with van der Waals surface area (Å²) in [5.74, 6) is 0. The van der Waals surface area contributed by atoms with Crippen LogP contribution in [0, 0.1) is 0 Å². The Balaban J connectivity index is 3.90. The van der Waals surface area contributed by atoms with E-state index in [4.69, 9.17) is 17.7 Å². The molecule has 0 rings (SSSR count). The molecule has 116 valence electrons. The van der Waals surface area contributed by atoms with Gasteiger partial charge in [-0.2, -0.15) is 0 Å². The highest BCUT2D eigenvalue weighted by atomic mass is 28.5. The van der Waals surface area contributed by atoms with Crippen molar-refractivity contribution in [1.29, 1.82) is 0 Å². The van der Waals surface area contributed by atoms with Crippen molar-refractivity contribution in [3.63, 3.8) is 0 Å². The first-order valence-corrected chi connectivity index (χ1v) is 15.8. The van der Waals surface area contributed by atoms with Crippen molar-refractivity contribution in [1.82, 2.24) is 0 Å². The summed E-state index contributed by atoms with van der Waals surface area (Å²) in [7, 11) is -2.87. The third-order valence-corrected chi connectivity index (χ3v) is 12.4. The molecular weight excluding hydrogens is 292 g/mol. The molecule has 19 heavy (non-hydrogen) atoms. The number of hydrogen-bond donors (Lipinski definition) is 0. The Morgan fingerprint density at radius 3 is 2.11 bits per heavy atom. The number of ether oxygens (including phenoxy) is 2. The van der Waals surface area contributed by atoms with Crippen LogP contribution in [0.15, 0.2) is 0 Å². The van der Waals surface area contributed by atoms with Gasteiger partial charge in [0.2, 0.25) is 0 Å². The lowest BCUT2D eigenvalue weighted by Gasteiger charge is -2.34. The van der Waals surface area contributed by atoms with Crippen LogP contribution in [0.4, 0.5) is 0 Å². The highest BCUT2D eigenvalue weighted by Crippen LogP contribution is 2.21. The number of rotatable bonds is 11. The maximum atomic E-state index is 6.37. The van der Waals surface area contributed by atoms with Crippen LogP contribution < -0.4 is 0 Å². The van der Waals surface area contributed by atoms with E-state index in [1.54, 1.807) is 7.11 Å². The molecule has 0 N–H and O–H groups in total. The average Bonchev–Trinajstić information content (AvgIpc) is 2.19. The number of hydrogen-bond acceptors (Lipinski definition) is 4. The predicted molar refractivity (Wildman–Crippen MR) is 88.1 cm³/mol. The van der Waals surface area contributed by atoms with Crippen LogP contribution in [0.2, 0.25) is 45.3 Å². The molecule has 0 saturated carbocycles. The molecule has 0 aliphatic rings. The first-order valence-electron chi connectivity index (χ1n) is 7.13. The lowest BCUT2D eigenvalue weighted by atomic mass is 10.5. The molecule has 0 heterocycles. The number of methoxy groups -OCH3 is 1. The summed E-state index contributed by atoms with van der Waals surface area (Å²) in [6.07, 6.45) is 1.06. The van der Waals surface area contributed by atoms with Gasteiger partial charge in [0.05, 0.1) is 13.2 Å². The maximum Gasteiger partial charge on any atom is 0.310 e. The van der Waals surface area contributed by atoms with Crippen LogP contribution >= 0.6 is 0 Å². The molecule has 4 nitrogen and oxygen atoms in total. The third kappa shape index (κ3) is 12.0. The molecule has 0 aromatic rings. The second-order valence-electron chi connectivity index (χ2n) is 6.14. The van der Waals surface area contributed by atoms with Gasteiger partial charge in [-0.1, -0.05) is 0 Å². The Morgan fingerprint density at radius 2 is 1.58 bits per heavy atom. The van der Waals surface area contributed by atoms with E-state index in [1.807, 2.05) is 0 Å². The largest absolute Gasteiger partial charge is 0.440 e. The minimum absolute atomic E-state index is 0.671. The monoisotopic (exact) mass is 324 g/mol. The van der Waals surface area contributed by atoms with Gasteiger partial charge in [-0.15, -0.1) is 0 Å². The van der Waals surface area contributed by atoms with Crippen molar-refractivity contribution in [3.8, 4) is 0 Å². The van der Waals surface area contributed by atoms with E-state index in [9.17, 15) is 0 Å². The highest BCUT2D eigenvalue weighted by Gasteiger charge is 2.34. The molecule has 0 aliphatic heterocycles. The lowest BCUT2D eigenvalue weighted by molar-refractivity contribution is 0.0707. The summed E-state index contributed by atoms with van der Waals surface area (Å²) >= 11 is 0. The quantitative estimate of drug-likeness (QED) is 0.432. The van der Waals surface area contributed by atoms with Crippen molar-refractivity contribution >= 4 is 25.9 Å². The molecule has 7 heteroatoms. The summed E-state index contributed by atoms with van der Waals surface area (Å²) in [4.78, 5) is 0. The van der Waals surface area contributed by atoms with Gasteiger partial charge in [0.25, 0.3) is 0 Å². The van der Waals surface area contributed by atoms with Crippen molar-refractivity contribution < 1.29 is 17.7 Å². The van der Waals surface area contributed by atoms with Crippen LogP contribution in [-0.4, -0.2) is 52.8 Å². The van der Waals surface area contributed by atoms with E-state index in [0.717, 1.165) is 19.1 Å². The maximum absolute atomic E-state index is 6.37. The minimum atomic E-state index is -1.92. The van der Waals surface area contributed by atoms with E-state index < -0.39 is 25.9 Å². The van der Waals surface area contributed by atoms with Gasteiger partial charge in [-0.05, 0) is 51.7 Å². The second-order valence-corrected chi connectivity index (χ2v) is 16.8. The Kier molecular flexibility index (Phi) is 9.67. The summed E-state index contributed by atoms with van der Waals surface area (Å²) in [6, 6.07) is 1.12. The van der Waals surface area contributed by atoms with E-state index in [1.165, 1.54) is 0 Å². The first-order chi connectivity index (χ1) is 8.68. The van der Waals surface area contributed by atoms with E-state index in [-0.39, 0.29) is 0 Å². The molecule has 0 radical (unpaired) electrons. The molecule has 0 fully saturated rings. The van der Waals surface area contributed by atoms with Gasteiger partial charge in [-0.25, -0.2) is 0 Å². The fourth-order valence-electron chi connectivity index (χ4n) is 2.15. The fraction of sp³-hybridized carbons (Fsp3) is 1.00. The van der Waals surface area contributed by atoms with Crippen LogP contribution in [-0.2, 0) is 17.7 Å². The fourth-order valence-corrected chi connectivity index (χ4v) is 14.0. The minimum Gasteiger partial charge on any atom is -0.440 e.